The minimum absolute atomic E-state index is 0.00360. The fourth-order valence-electron chi connectivity index (χ4n) is 3.83. The van der Waals surface area contributed by atoms with E-state index in [1.165, 1.54) is 16.7 Å². The van der Waals surface area contributed by atoms with Gasteiger partial charge in [0.25, 0.3) is 0 Å². The van der Waals surface area contributed by atoms with Gasteiger partial charge in [-0.3, -0.25) is 28.8 Å². The molecule has 0 aliphatic carbocycles. The molecule has 1 atom stereocenters. The van der Waals surface area contributed by atoms with E-state index in [-0.39, 0.29) is 44.4 Å². The highest BCUT2D eigenvalue weighted by atomic mass is 16.6. The number of anilines is 1. The molecular formula is C32H43N7O8. The molecule has 2 aromatic carbocycles. The molecule has 47 heavy (non-hydrogen) atoms. The Balaban J connectivity index is 1.85. The van der Waals surface area contributed by atoms with Crippen molar-refractivity contribution in [1.29, 1.82) is 0 Å². The van der Waals surface area contributed by atoms with Crippen LogP contribution in [0.4, 0.5) is 10.5 Å². The molecule has 0 saturated heterocycles. The van der Waals surface area contributed by atoms with E-state index in [4.69, 9.17) is 4.74 Å². The first kappa shape index (κ1) is 37.7. The molecule has 0 aliphatic rings. The Kier molecular flexibility index (Phi) is 15.9. The highest BCUT2D eigenvalue weighted by Gasteiger charge is 2.22. The topological polar surface area (TPSA) is 195 Å². The zero-order valence-electron chi connectivity index (χ0n) is 27.1. The Hall–Kier alpha value is -5.47. The fourth-order valence-corrected chi connectivity index (χ4v) is 3.83. The van der Waals surface area contributed by atoms with Crippen molar-refractivity contribution in [3.63, 3.8) is 0 Å². The molecule has 5 N–H and O–H groups in total. The third-order valence-electron chi connectivity index (χ3n) is 6.79. The first-order chi connectivity index (χ1) is 22.4. The van der Waals surface area contributed by atoms with Gasteiger partial charge >= 0.3 is 6.09 Å². The zero-order valence-corrected chi connectivity index (χ0v) is 27.1. The normalized spacial score (nSPS) is 10.9. The van der Waals surface area contributed by atoms with Crippen molar-refractivity contribution in [2.45, 2.75) is 39.3 Å². The molecule has 7 amide bonds. The summed E-state index contributed by atoms with van der Waals surface area (Å²) in [6.45, 7) is 2.71. The van der Waals surface area contributed by atoms with Gasteiger partial charge in [0, 0.05) is 52.6 Å². The molecule has 0 unspecified atom stereocenters. The lowest BCUT2D eigenvalue weighted by Crippen LogP contribution is -2.52. The second-order valence-electron chi connectivity index (χ2n) is 10.6. The van der Waals surface area contributed by atoms with Crippen molar-refractivity contribution in [3.05, 3.63) is 65.7 Å². The lowest BCUT2D eigenvalue weighted by Gasteiger charge is -2.21. The van der Waals surface area contributed by atoms with Gasteiger partial charge < -0.3 is 41.1 Å². The van der Waals surface area contributed by atoms with Crippen molar-refractivity contribution < 1.29 is 38.3 Å². The summed E-state index contributed by atoms with van der Waals surface area (Å²) in [5, 5.41) is 12.6. The summed E-state index contributed by atoms with van der Waals surface area (Å²) >= 11 is 0. The summed E-state index contributed by atoms with van der Waals surface area (Å²) < 4.78 is 5.29. The lowest BCUT2D eigenvalue weighted by atomic mass is 10.1. The Labute approximate surface area is 273 Å². The van der Waals surface area contributed by atoms with Crippen molar-refractivity contribution in [1.82, 2.24) is 31.1 Å². The van der Waals surface area contributed by atoms with Gasteiger partial charge in [-0.1, -0.05) is 49.4 Å². The van der Waals surface area contributed by atoms with Crippen molar-refractivity contribution in [2.24, 2.45) is 0 Å². The number of ether oxygens (including phenoxy) is 1. The largest absolute Gasteiger partial charge is 0.445 e. The van der Waals surface area contributed by atoms with Crippen LogP contribution in [0.15, 0.2) is 54.6 Å². The molecule has 2 rings (SSSR count). The van der Waals surface area contributed by atoms with Gasteiger partial charge in [-0.15, -0.1) is 0 Å². The number of rotatable bonds is 17. The molecule has 0 aliphatic heterocycles. The van der Waals surface area contributed by atoms with E-state index in [1.807, 2.05) is 6.07 Å². The minimum Gasteiger partial charge on any atom is -0.445 e. The predicted octanol–water partition coefficient (Wildman–Crippen LogP) is 0.158. The van der Waals surface area contributed by atoms with Crippen LogP contribution in [0, 0.1) is 0 Å². The van der Waals surface area contributed by atoms with Crippen LogP contribution in [-0.4, -0.2) is 104 Å². The molecular weight excluding hydrogens is 610 g/mol. The van der Waals surface area contributed by atoms with E-state index in [2.05, 4.69) is 26.6 Å². The molecule has 15 heteroatoms. The molecule has 254 valence electrons. The highest BCUT2D eigenvalue weighted by molar-refractivity contribution is 5.96. The summed E-state index contributed by atoms with van der Waals surface area (Å²) in [5.74, 6) is -2.71. The Morgan fingerprint density at radius 1 is 0.702 bits per heavy atom. The summed E-state index contributed by atoms with van der Waals surface area (Å²) in [5.41, 5.74) is 1.89. The van der Waals surface area contributed by atoms with Gasteiger partial charge in [0.05, 0.1) is 19.6 Å². The second kappa shape index (κ2) is 19.8. The van der Waals surface area contributed by atoms with Crippen LogP contribution in [0.1, 0.15) is 31.4 Å². The quantitative estimate of drug-likeness (QED) is 0.159. The first-order valence-corrected chi connectivity index (χ1v) is 15.0. The SMILES string of the molecule is CCC(=O)NCC(=O)NCC(=O)N[C@@H](Cc1ccccc1)C(=O)NCC(=O)Nc1ccc(COC(=O)N(C)CCN(C)C(C)=O)cc1. The average Bonchev–Trinajstić information content (AvgIpc) is 3.06. The summed E-state index contributed by atoms with van der Waals surface area (Å²) in [7, 11) is 3.22. The van der Waals surface area contributed by atoms with Crippen molar-refractivity contribution >= 4 is 47.2 Å². The maximum Gasteiger partial charge on any atom is 0.409 e. The van der Waals surface area contributed by atoms with Crippen LogP contribution in [-0.2, 0) is 46.5 Å². The fraction of sp³-hybridized carbons (Fsp3) is 0.406. The van der Waals surface area contributed by atoms with Crippen LogP contribution >= 0.6 is 0 Å². The average molecular weight is 654 g/mol. The molecule has 0 aromatic heterocycles. The second-order valence-corrected chi connectivity index (χ2v) is 10.6. The minimum atomic E-state index is -1.04. The molecule has 0 radical (unpaired) electrons. The van der Waals surface area contributed by atoms with E-state index in [0.29, 0.717) is 24.3 Å². The number of amides is 7. The van der Waals surface area contributed by atoms with Gasteiger partial charge in [-0.2, -0.15) is 0 Å². The van der Waals surface area contributed by atoms with Crippen LogP contribution in [0.5, 0.6) is 0 Å². The van der Waals surface area contributed by atoms with Crippen molar-refractivity contribution in [3.8, 4) is 0 Å². The third kappa shape index (κ3) is 14.9. The molecule has 0 fully saturated rings. The smallest absolute Gasteiger partial charge is 0.409 e. The van der Waals surface area contributed by atoms with Gasteiger partial charge in [-0.25, -0.2) is 4.79 Å². The van der Waals surface area contributed by atoms with E-state index >= 15 is 0 Å². The summed E-state index contributed by atoms with van der Waals surface area (Å²) in [6.07, 6.45) is -0.188. The highest BCUT2D eigenvalue weighted by Crippen LogP contribution is 2.11. The summed E-state index contributed by atoms with van der Waals surface area (Å²) in [6, 6.07) is 14.5. The maximum atomic E-state index is 13.0. The van der Waals surface area contributed by atoms with Gasteiger partial charge in [0.1, 0.15) is 12.6 Å². The van der Waals surface area contributed by atoms with Gasteiger partial charge in [-0.05, 0) is 23.3 Å². The number of carbonyl (C=O) groups excluding carboxylic acids is 7. The van der Waals surface area contributed by atoms with E-state index in [9.17, 15) is 33.6 Å². The molecule has 0 saturated carbocycles. The molecule has 0 spiro atoms. The monoisotopic (exact) mass is 653 g/mol. The lowest BCUT2D eigenvalue weighted by molar-refractivity contribution is -0.130. The number of nitrogens with zero attached hydrogens (tertiary/aromatic N) is 2. The summed E-state index contributed by atoms with van der Waals surface area (Å²) in [4.78, 5) is 87.7. The number of hydrogen-bond acceptors (Lipinski definition) is 8. The molecule has 0 bridgehead atoms. The van der Waals surface area contributed by atoms with Crippen LogP contribution in [0.3, 0.4) is 0 Å². The third-order valence-corrected chi connectivity index (χ3v) is 6.79. The standard InChI is InChI=1S/C32H43N7O8/c1-5-27(41)33-18-28(42)34-19-30(44)37-26(17-23-9-7-6-8-10-23)31(45)35-20-29(43)36-25-13-11-24(12-14-25)21-47-32(46)39(4)16-15-38(3)22(2)40/h6-14,26H,5,15-21H2,1-4H3,(H,33,41)(H,34,42)(H,35,45)(H,36,43)(H,37,44)/t26-/m0/s1. The maximum absolute atomic E-state index is 13.0. The van der Waals surface area contributed by atoms with E-state index in [0.717, 1.165) is 5.56 Å². The predicted molar refractivity (Wildman–Crippen MR) is 173 cm³/mol. The van der Waals surface area contributed by atoms with E-state index in [1.54, 1.807) is 69.6 Å². The number of carbonyl (C=O) groups is 7. The Morgan fingerprint density at radius 3 is 1.94 bits per heavy atom. The van der Waals surface area contributed by atoms with Crippen LogP contribution < -0.4 is 26.6 Å². The van der Waals surface area contributed by atoms with Crippen LogP contribution in [0.2, 0.25) is 0 Å². The van der Waals surface area contributed by atoms with Crippen LogP contribution in [0.25, 0.3) is 0 Å². The number of hydrogen-bond donors (Lipinski definition) is 5. The van der Waals surface area contributed by atoms with E-state index < -0.39 is 42.3 Å². The Bertz CT molecular complexity index is 1390. The molecule has 15 nitrogen and oxygen atoms in total. The molecule has 0 heterocycles. The molecule has 2 aromatic rings. The number of benzene rings is 2. The number of nitrogens with one attached hydrogen (secondary N) is 5. The Morgan fingerprint density at radius 2 is 1.30 bits per heavy atom. The van der Waals surface area contributed by atoms with Crippen molar-refractivity contribution in [2.75, 3.05) is 52.1 Å². The number of likely N-dealkylation sites (N-methyl/N-ethyl adjacent to an activating group) is 2. The van der Waals surface area contributed by atoms with Gasteiger partial charge in [0.2, 0.25) is 35.4 Å². The zero-order chi connectivity index (χ0) is 34.8. The first-order valence-electron chi connectivity index (χ1n) is 15.0. The van der Waals surface area contributed by atoms with Gasteiger partial charge in [0.15, 0.2) is 0 Å².